The molecular weight excluding hydrogens is 923 g/mol. The Balaban J connectivity index is 1.40. The summed E-state index contributed by atoms with van der Waals surface area (Å²) < 4.78 is 36.7. The van der Waals surface area contributed by atoms with Gasteiger partial charge in [-0.2, -0.15) is 0 Å². The van der Waals surface area contributed by atoms with E-state index in [9.17, 15) is 44.4 Å². The van der Waals surface area contributed by atoms with Crippen LogP contribution in [0.3, 0.4) is 0 Å². The van der Waals surface area contributed by atoms with E-state index in [1.165, 1.54) is 52.0 Å². The van der Waals surface area contributed by atoms with Gasteiger partial charge in [0, 0.05) is 44.1 Å². The molecule has 380 valence electrons. The lowest BCUT2D eigenvalue weighted by molar-refractivity contribution is -0.346. The SMILES string of the molecule is CC(=O)O[C@H]1C(=O)[C@@]2(C)[C@H]([C@H](OC(=O)c3ccccc3)[C@]3(O)C[C@H](OC(=O)[C@H](OC(=O)CCCC(O)CO)[C@@H](NC(=O)c4ccccc4)c4ccccc4)C(C)=C1C3(C)C)[C@]1(OC(C)=O)CO[C@@H]1C[C@@H]2O. The number of hydrogen-bond acceptors (Lipinski definition) is 17. The molecule has 2 bridgehead atoms. The van der Waals surface area contributed by atoms with E-state index < -0.39 is 131 Å². The molecule has 71 heavy (non-hydrogen) atoms. The highest BCUT2D eigenvalue weighted by Gasteiger charge is 2.78. The standard InChI is InChI=1S/C53H61NO17/c1-29-36(68-49(64)43(69-39(60)24-16-23-35(58)27-55)41(32-17-10-7-11-18-32)54-47(62)33-19-12-8-13-20-33)26-53(65)46(70-48(63)34-21-14-9-15-22-34)44-51(6,37(59)25-38-52(44,28-66-38)71-31(3)57)45(61)42(67-30(2)56)40(29)50(53,4)5/h7-15,17-22,35-38,41-44,46,55,58-59,65H,16,23-28H2,1-6H3,(H,54,62)/t35?,36-,37-,38+,41-,42+,43+,44-,46-,51+,52-,53+/m0/s1. The molecule has 1 aliphatic heterocycles. The summed E-state index contributed by atoms with van der Waals surface area (Å²) in [4.78, 5) is 99.3. The van der Waals surface area contributed by atoms with E-state index in [0.717, 1.165) is 13.8 Å². The predicted molar refractivity (Wildman–Crippen MR) is 249 cm³/mol. The van der Waals surface area contributed by atoms with Crippen LogP contribution in [-0.4, -0.2) is 129 Å². The molecule has 3 fully saturated rings. The van der Waals surface area contributed by atoms with E-state index in [0.29, 0.717) is 5.56 Å². The van der Waals surface area contributed by atoms with Crippen molar-refractivity contribution in [2.24, 2.45) is 16.7 Å². The number of esters is 5. The van der Waals surface area contributed by atoms with E-state index in [1.54, 1.807) is 66.7 Å². The summed E-state index contributed by atoms with van der Waals surface area (Å²) in [6, 6.07) is 22.5. The zero-order valence-electron chi connectivity index (χ0n) is 40.4. The fourth-order valence-corrected chi connectivity index (χ4v) is 11.1. The number of carbonyl (C=O) groups is 7. The summed E-state index contributed by atoms with van der Waals surface area (Å²) >= 11 is 0. The Hall–Kier alpha value is -6.31. The van der Waals surface area contributed by atoms with E-state index in [4.69, 9.17) is 28.4 Å². The second kappa shape index (κ2) is 20.8. The Labute approximate surface area is 410 Å². The second-order valence-corrected chi connectivity index (χ2v) is 19.5. The average molecular weight is 984 g/mol. The van der Waals surface area contributed by atoms with E-state index in [1.807, 2.05) is 0 Å². The van der Waals surface area contributed by atoms with Gasteiger partial charge in [-0.05, 0) is 67.7 Å². The Kier molecular flexibility index (Phi) is 15.4. The third-order valence-corrected chi connectivity index (χ3v) is 14.8. The molecule has 0 aromatic heterocycles. The Morgan fingerprint density at radius 3 is 2.01 bits per heavy atom. The minimum atomic E-state index is -2.48. The summed E-state index contributed by atoms with van der Waals surface area (Å²) in [5.41, 5.74) is -7.57. The van der Waals surface area contributed by atoms with Gasteiger partial charge in [0.15, 0.2) is 17.5 Å². The van der Waals surface area contributed by atoms with E-state index in [-0.39, 0.29) is 54.6 Å². The van der Waals surface area contributed by atoms with Crippen molar-refractivity contribution in [3.05, 3.63) is 119 Å². The average Bonchev–Trinajstić information content (AvgIpc) is 3.33. The third-order valence-electron chi connectivity index (χ3n) is 14.8. The lowest BCUT2D eigenvalue weighted by Gasteiger charge is -2.67. The van der Waals surface area contributed by atoms with Gasteiger partial charge in [0.25, 0.3) is 5.91 Å². The van der Waals surface area contributed by atoms with Crippen LogP contribution in [0.4, 0.5) is 0 Å². The van der Waals surface area contributed by atoms with Crippen LogP contribution in [-0.2, 0) is 52.4 Å². The van der Waals surface area contributed by atoms with Crippen LogP contribution in [0.15, 0.2) is 102 Å². The van der Waals surface area contributed by atoms with Gasteiger partial charge in [-0.1, -0.05) is 80.6 Å². The molecule has 1 heterocycles. The molecule has 0 radical (unpaired) electrons. The van der Waals surface area contributed by atoms with Gasteiger partial charge in [0.05, 0.1) is 42.3 Å². The fourth-order valence-electron chi connectivity index (χ4n) is 11.1. The number of carbonyl (C=O) groups excluding carboxylic acids is 7. The zero-order chi connectivity index (χ0) is 51.6. The largest absolute Gasteiger partial charge is 0.455 e. The molecule has 12 atom stereocenters. The van der Waals surface area contributed by atoms with Gasteiger partial charge in [-0.25, -0.2) is 9.59 Å². The third kappa shape index (κ3) is 9.87. The van der Waals surface area contributed by atoms with Gasteiger partial charge in [-0.15, -0.1) is 0 Å². The van der Waals surface area contributed by atoms with Gasteiger partial charge in [-0.3, -0.25) is 24.0 Å². The molecule has 2 saturated carbocycles. The van der Waals surface area contributed by atoms with Gasteiger partial charge in [0.2, 0.25) is 6.10 Å². The van der Waals surface area contributed by atoms with Crippen LogP contribution < -0.4 is 5.32 Å². The normalized spacial score (nSPS) is 29.7. The van der Waals surface area contributed by atoms with Crippen LogP contribution in [0, 0.1) is 16.7 Å². The maximum atomic E-state index is 15.7. The molecular formula is C53H61NO17. The van der Waals surface area contributed by atoms with E-state index >= 15 is 9.59 Å². The quantitative estimate of drug-likeness (QED) is 0.0776. The highest BCUT2D eigenvalue weighted by molar-refractivity contribution is 5.96. The number of aliphatic hydroxyl groups is 4. The summed E-state index contributed by atoms with van der Waals surface area (Å²) in [6.07, 6.45) is -12.3. The Morgan fingerprint density at radius 2 is 1.45 bits per heavy atom. The number of rotatable bonds is 16. The molecule has 1 saturated heterocycles. The van der Waals surface area contributed by atoms with Crippen molar-refractivity contribution in [1.29, 1.82) is 0 Å². The fraction of sp³-hybridized carbons (Fsp3) is 0.491. The van der Waals surface area contributed by atoms with Gasteiger partial charge < -0.3 is 54.2 Å². The molecule has 5 N–H and O–H groups in total. The van der Waals surface area contributed by atoms with Crippen molar-refractivity contribution in [2.75, 3.05) is 13.2 Å². The maximum absolute atomic E-state index is 15.7. The topological polar surface area (TPSA) is 268 Å². The van der Waals surface area contributed by atoms with Crippen molar-refractivity contribution < 1.29 is 82.4 Å². The minimum absolute atomic E-state index is 0.0116. The first-order chi connectivity index (χ1) is 33.6. The zero-order valence-corrected chi connectivity index (χ0v) is 40.4. The number of ketones is 1. The number of benzene rings is 3. The molecule has 3 aliphatic carbocycles. The van der Waals surface area contributed by atoms with Crippen molar-refractivity contribution >= 4 is 41.5 Å². The number of amides is 1. The molecule has 18 nitrogen and oxygen atoms in total. The summed E-state index contributed by atoms with van der Waals surface area (Å²) in [5, 5.41) is 48.3. The number of nitrogens with one attached hydrogen (secondary N) is 1. The molecule has 7 rings (SSSR count). The first-order valence-electron chi connectivity index (χ1n) is 23.6. The van der Waals surface area contributed by atoms with Crippen LogP contribution in [0.5, 0.6) is 0 Å². The molecule has 1 amide bonds. The van der Waals surface area contributed by atoms with Crippen molar-refractivity contribution in [2.45, 2.75) is 134 Å². The molecule has 1 unspecified atom stereocenters. The number of ether oxygens (including phenoxy) is 6. The van der Waals surface area contributed by atoms with Crippen LogP contribution in [0.2, 0.25) is 0 Å². The lowest BCUT2D eigenvalue weighted by Crippen LogP contribution is -2.82. The number of Topliss-reactive ketones (excluding diaryl/α,β-unsaturated/α-hetero) is 1. The monoisotopic (exact) mass is 983 g/mol. The number of hydrogen-bond donors (Lipinski definition) is 5. The molecule has 18 heteroatoms. The van der Waals surface area contributed by atoms with E-state index in [2.05, 4.69) is 5.32 Å². The van der Waals surface area contributed by atoms with Crippen LogP contribution >= 0.6 is 0 Å². The highest BCUT2D eigenvalue weighted by atomic mass is 16.6. The van der Waals surface area contributed by atoms with Crippen LogP contribution in [0.1, 0.15) is 106 Å². The molecule has 3 aromatic carbocycles. The minimum Gasteiger partial charge on any atom is -0.455 e. The van der Waals surface area contributed by atoms with Gasteiger partial charge >= 0.3 is 29.8 Å². The number of aliphatic hydroxyl groups excluding tert-OH is 3. The van der Waals surface area contributed by atoms with Crippen molar-refractivity contribution in [3.8, 4) is 0 Å². The maximum Gasteiger partial charge on any atom is 0.350 e. The Bertz CT molecular complexity index is 2530. The van der Waals surface area contributed by atoms with Crippen molar-refractivity contribution in [1.82, 2.24) is 5.32 Å². The molecule has 3 aromatic rings. The van der Waals surface area contributed by atoms with Gasteiger partial charge in [0.1, 0.15) is 30.0 Å². The highest BCUT2D eigenvalue weighted by Crippen LogP contribution is 2.64. The summed E-state index contributed by atoms with van der Waals surface area (Å²) in [6.45, 7) is 7.24. The molecule has 4 aliphatic rings. The second-order valence-electron chi connectivity index (χ2n) is 19.5. The lowest BCUT2D eigenvalue weighted by atomic mass is 9.44. The summed E-state index contributed by atoms with van der Waals surface area (Å²) in [7, 11) is 0. The summed E-state index contributed by atoms with van der Waals surface area (Å²) in [5.74, 6) is -8.07. The first-order valence-corrected chi connectivity index (χ1v) is 23.6. The van der Waals surface area contributed by atoms with Crippen LogP contribution in [0.25, 0.3) is 0 Å². The van der Waals surface area contributed by atoms with Crippen molar-refractivity contribution in [3.63, 3.8) is 0 Å². The number of fused-ring (bicyclic) bond motifs is 5. The first kappa shape index (κ1) is 52.5. The predicted octanol–water partition coefficient (Wildman–Crippen LogP) is 3.81. The molecule has 0 spiro atoms. The Morgan fingerprint density at radius 1 is 0.845 bits per heavy atom. The smallest absolute Gasteiger partial charge is 0.350 e.